The first-order chi connectivity index (χ1) is 5.24. The molecule has 1 aliphatic rings. The highest BCUT2D eigenvalue weighted by molar-refractivity contribution is 4.98. The molecule has 0 bridgehead atoms. The summed E-state index contributed by atoms with van der Waals surface area (Å²) in [6.07, 6.45) is 4.31. The highest BCUT2D eigenvalue weighted by Gasteiger charge is 2.22. The summed E-state index contributed by atoms with van der Waals surface area (Å²) in [7, 11) is 0. The second-order valence-electron chi connectivity index (χ2n) is 3.44. The van der Waals surface area contributed by atoms with Crippen molar-refractivity contribution in [3.8, 4) is 0 Å². The minimum absolute atomic E-state index is 0.0467. The van der Waals surface area contributed by atoms with E-state index < -0.39 is 0 Å². The molecule has 64 valence electrons. The molecule has 1 fully saturated rings. The molecule has 11 heavy (non-hydrogen) atoms. The van der Waals surface area contributed by atoms with Crippen LogP contribution < -0.4 is 0 Å². The van der Waals surface area contributed by atoms with Gasteiger partial charge < -0.3 is 0 Å². The fourth-order valence-electron chi connectivity index (χ4n) is 1.69. The molecule has 0 radical (unpaired) electrons. The third-order valence-electron chi connectivity index (χ3n) is 2.47. The number of rotatable bonds is 2. The second-order valence-corrected chi connectivity index (χ2v) is 3.44. The molecule has 1 aliphatic carbocycles. The molecular weight excluding hydrogens is 140 g/mol. The molecule has 0 amide bonds. The Kier molecular flexibility index (Phi) is 3.09. The zero-order chi connectivity index (χ0) is 8.27. The quantitative estimate of drug-likeness (QED) is 0.378. The van der Waals surface area contributed by atoms with Crippen LogP contribution in [0.3, 0.4) is 0 Å². The predicted octanol–water partition coefficient (Wildman–Crippen LogP) is 2.61. The van der Waals surface area contributed by atoms with Crippen molar-refractivity contribution in [3.63, 3.8) is 0 Å². The van der Waals surface area contributed by atoms with E-state index >= 15 is 0 Å². The summed E-state index contributed by atoms with van der Waals surface area (Å²) < 4.78 is 0. The van der Waals surface area contributed by atoms with Gasteiger partial charge in [-0.15, -0.1) is 0 Å². The van der Waals surface area contributed by atoms with Gasteiger partial charge >= 0.3 is 0 Å². The molecule has 0 spiro atoms. The Morgan fingerprint density at radius 2 is 2.27 bits per heavy atom. The SMILES string of the molecule is C=C(C)[C@@H]1CCC[C@H](OO)C1. The largest absolute Gasteiger partial charge is 0.252 e. The van der Waals surface area contributed by atoms with Crippen LogP contribution in [-0.4, -0.2) is 11.4 Å². The Labute approximate surface area is 67.8 Å². The van der Waals surface area contributed by atoms with Crippen molar-refractivity contribution in [1.29, 1.82) is 0 Å². The highest BCUT2D eigenvalue weighted by Crippen LogP contribution is 2.29. The monoisotopic (exact) mass is 156 g/mol. The van der Waals surface area contributed by atoms with E-state index in [1.165, 1.54) is 12.0 Å². The standard InChI is InChI=1S/C9H16O2/c1-7(2)8-4-3-5-9(6-8)11-10/h8-10H,1,3-6H2,2H3/t8-,9+/m1/s1. The maximum Gasteiger partial charge on any atom is 0.0933 e. The Hall–Kier alpha value is -0.340. The van der Waals surface area contributed by atoms with Crippen LogP contribution in [0.4, 0.5) is 0 Å². The van der Waals surface area contributed by atoms with Crippen LogP contribution in [0.2, 0.25) is 0 Å². The van der Waals surface area contributed by atoms with E-state index in [-0.39, 0.29) is 6.10 Å². The second kappa shape index (κ2) is 3.88. The molecule has 0 heterocycles. The van der Waals surface area contributed by atoms with E-state index in [9.17, 15) is 0 Å². The fraction of sp³-hybridized carbons (Fsp3) is 0.778. The highest BCUT2D eigenvalue weighted by atomic mass is 17.1. The molecule has 1 rings (SSSR count). The molecule has 0 unspecified atom stereocenters. The Morgan fingerprint density at radius 3 is 2.82 bits per heavy atom. The molecule has 2 atom stereocenters. The molecule has 2 nitrogen and oxygen atoms in total. The van der Waals surface area contributed by atoms with E-state index in [0.717, 1.165) is 19.3 Å². The van der Waals surface area contributed by atoms with Gasteiger partial charge in [-0.25, -0.2) is 4.89 Å². The van der Waals surface area contributed by atoms with E-state index in [1.54, 1.807) is 0 Å². The van der Waals surface area contributed by atoms with Crippen LogP contribution in [0.5, 0.6) is 0 Å². The van der Waals surface area contributed by atoms with Gasteiger partial charge in [0.2, 0.25) is 0 Å². The van der Waals surface area contributed by atoms with Crippen LogP contribution in [0.1, 0.15) is 32.6 Å². The van der Waals surface area contributed by atoms with Gasteiger partial charge in [0.15, 0.2) is 0 Å². The van der Waals surface area contributed by atoms with Gasteiger partial charge in [0.25, 0.3) is 0 Å². The maximum atomic E-state index is 8.46. The Bertz CT molecular complexity index is 142. The first kappa shape index (κ1) is 8.75. The summed E-state index contributed by atoms with van der Waals surface area (Å²) in [5.41, 5.74) is 1.21. The van der Waals surface area contributed by atoms with Crippen LogP contribution >= 0.6 is 0 Å². The molecule has 2 heteroatoms. The number of allylic oxidation sites excluding steroid dienone is 1. The van der Waals surface area contributed by atoms with Gasteiger partial charge in [-0.1, -0.05) is 18.6 Å². The number of hydrogen-bond acceptors (Lipinski definition) is 2. The van der Waals surface area contributed by atoms with E-state index in [4.69, 9.17) is 5.26 Å². The van der Waals surface area contributed by atoms with Crippen LogP contribution in [-0.2, 0) is 4.89 Å². The summed E-state index contributed by atoms with van der Waals surface area (Å²) in [5.74, 6) is 0.556. The molecule has 0 aromatic rings. The molecule has 1 N–H and O–H groups in total. The van der Waals surface area contributed by atoms with Gasteiger partial charge in [-0.05, 0) is 32.1 Å². The lowest BCUT2D eigenvalue weighted by molar-refractivity contribution is -0.285. The first-order valence-electron chi connectivity index (χ1n) is 4.19. The van der Waals surface area contributed by atoms with Crippen molar-refractivity contribution in [2.45, 2.75) is 38.7 Å². The van der Waals surface area contributed by atoms with E-state index in [1.807, 2.05) is 6.92 Å². The van der Waals surface area contributed by atoms with E-state index in [2.05, 4.69) is 11.5 Å². The molecule has 0 aromatic carbocycles. The average Bonchev–Trinajstić information content (AvgIpc) is 2.05. The first-order valence-corrected chi connectivity index (χ1v) is 4.19. The fourth-order valence-corrected chi connectivity index (χ4v) is 1.69. The van der Waals surface area contributed by atoms with Crippen molar-refractivity contribution in [2.24, 2.45) is 5.92 Å². The summed E-state index contributed by atoms with van der Waals surface area (Å²) in [5, 5.41) is 8.46. The third-order valence-corrected chi connectivity index (χ3v) is 2.47. The zero-order valence-electron chi connectivity index (χ0n) is 7.05. The van der Waals surface area contributed by atoms with Crippen molar-refractivity contribution in [3.05, 3.63) is 12.2 Å². The molecular formula is C9H16O2. The van der Waals surface area contributed by atoms with Crippen molar-refractivity contribution in [2.75, 3.05) is 0 Å². The summed E-state index contributed by atoms with van der Waals surface area (Å²) >= 11 is 0. The summed E-state index contributed by atoms with van der Waals surface area (Å²) in [6, 6.07) is 0. The smallest absolute Gasteiger partial charge is 0.0933 e. The molecule has 1 saturated carbocycles. The van der Waals surface area contributed by atoms with Gasteiger partial charge in [0.1, 0.15) is 0 Å². The topological polar surface area (TPSA) is 29.5 Å². The average molecular weight is 156 g/mol. The lowest BCUT2D eigenvalue weighted by Gasteiger charge is -2.26. The predicted molar refractivity (Wildman–Crippen MR) is 44.3 cm³/mol. The minimum atomic E-state index is 0.0467. The van der Waals surface area contributed by atoms with Gasteiger partial charge in [-0.3, -0.25) is 5.26 Å². The third kappa shape index (κ3) is 2.31. The summed E-state index contributed by atoms with van der Waals surface area (Å²) in [4.78, 5) is 4.33. The van der Waals surface area contributed by atoms with Gasteiger partial charge in [0.05, 0.1) is 6.10 Å². The molecule has 0 aliphatic heterocycles. The van der Waals surface area contributed by atoms with Crippen LogP contribution in [0.15, 0.2) is 12.2 Å². The minimum Gasteiger partial charge on any atom is -0.252 e. The van der Waals surface area contributed by atoms with Crippen molar-refractivity contribution >= 4 is 0 Å². The van der Waals surface area contributed by atoms with Crippen LogP contribution in [0, 0.1) is 5.92 Å². The van der Waals surface area contributed by atoms with Crippen molar-refractivity contribution < 1.29 is 10.1 Å². The van der Waals surface area contributed by atoms with Gasteiger partial charge in [-0.2, -0.15) is 0 Å². The summed E-state index contributed by atoms with van der Waals surface area (Å²) in [6.45, 7) is 5.96. The van der Waals surface area contributed by atoms with E-state index in [0.29, 0.717) is 5.92 Å². The molecule has 0 saturated heterocycles. The van der Waals surface area contributed by atoms with Gasteiger partial charge in [0, 0.05) is 0 Å². The molecule has 0 aromatic heterocycles. The van der Waals surface area contributed by atoms with Crippen molar-refractivity contribution in [1.82, 2.24) is 0 Å². The lowest BCUT2D eigenvalue weighted by atomic mass is 9.83. The Morgan fingerprint density at radius 1 is 1.55 bits per heavy atom. The zero-order valence-corrected chi connectivity index (χ0v) is 7.05. The Balaban J connectivity index is 2.39. The normalized spacial score (nSPS) is 31.8. The lowest BCUT2D eigenvalue weighted by Crippen LogP contribution is -2.22. The maximum absolute atomic E-state index is 8.46. The number of hydrogen-bond donors (Lipinski definition) is 1. The van der Waals surface area contributed by atoms with Crippen LogP contribution in [0.25, 0.3) is 0 Å².